The fourth-order valence-electron chi connectivity index (χ4n) is 3.07. The van der Waals surface area contributed by atoms with Gasteiger partial charge in [0.25, 0.3) is 0 Å². The van der Waals surface area contributed by atoms with Gasteiger partial charge in [-0.25, -0.2) is 0 Å². The molecule has 1 aliphatic rings. The molecule has 1 aliphatic carbocycles. The number of nitrogens with one attached hydrogen (secondary N) is 1. The topological polar surface area (TPSA) is 55.1 Å². The average Bonchev–Trinajstić information content (AvgIpc) is 2.45. The van der Waals surface area contributed by atoms with Crippen LogP contribution in [0, 0.1) is 11.8 Å². The minimum absolute atomic E-state index is 0.125. The average molecular weight is 298 g/mol. The van der Waals surface area contributed by atoms with E-state index in [1.165, 1.54) is 32.1 Å². The van der Waals surface area contributed by atoms with E-state index in [9.17, 15) is 4.79 Å². The Morgan fingerprint density at radius 1 is 1.25 bits per heavy atom. The van der Waals surface area contributed by atoms with Gasteiger partial charge in [-0.05, 0) is 38.0 Å². The highest BCUT2D eigenvalue weighted by molar-refractivity contribution is 7.80. The van der Waals surface area contributed by atoms with Crippen LogP contribution in [0.2, 0.25) is 0 Å². The van der Waals surface area contributed by atoms with Crippen LogP contribution in [0.3, 0.4) is 0 Å². The molecule has 0 aliphatic heterocycles. The highest BCUT2D eigenvalue weighted by atomic mass is 32.1. The molecule has 0 aromatic carbocycles. The molecule has 1 amide bonds. The van der Waals surface area contributed by atoms with Crippen LogP contribution < -0.4 is 11.1 Å². The quantitative estimate of drug-likeness (QED) is 0.674. The number of rotatable bonds is 8. The van der Waals surface area contributed by atoms with E-state index in [1.807, 2.05) is 0 Å². The molecule has 1 rings (SSSR count). The normalized spacial score (nSPS) is 24.1. The number of hydrogen-bond donors (Lipinski definition) is 2. The van der Waals surface area contributed by atoms with Crippen LogP contribution in [-0.2, 0) is 4.79 Å². The molecule has 0 aromatic heterocycles. The molecule has 0 spiro atoms. The zero-order chi connectivity index (χ0) is 15.0. The Balaban J connectivity index is 2.36. The minimum atomic E-state index is -0.125. The first kappa shape index (κ1) is 17.4. The molecule has 20 heavy (non-hydrogen) atoms. The second kappa shape index (κ2) is 9.32. The number of unbranched alkanes of at least 4 members (excludes halogenated alkanes) is 1. The molecule has 1 unspecified atom stereocenters. The fraction of sp³-hybridized carbons (Fsp3) is 0.875. The van der Waals surface area contributed by atoms with E-state index in [2.05, 4.69) is 19.2 Å². The monoisotopic (exact) mass is 298 g/mol. The third kappa shape index (κ3) is 5.78. The van der Waals surface area contributed by atoms with E-state index in [1.54, 1.807) is 0 Å². The second-order valence-electron chi connectivity index (χ2n) is 6.11. The summed E-state index contributed by atoms with van der Waals surface area (Å²) in [7, 11) is 0. The number of hydrogen-bond acceptors (Lipinski definition) is 2. The fourth-order valence-corrected chi connectivity index (χ4v) is 3.25. The van der Waals surface area contributed by atoms with Crippen LogP contribution >= 0.6 is 12.2 Å². The van der Waals surface area contributed by atoms with Gasteiger partial charge in [0.1, 0.15) is 0 Å². The lowest BCUT2D eigenvalue weighted by Crippen LogP contribution is -2.46. The molecule has 3 N–H and O–H groups in total. The summed E-state index contributed by atoms with van der Waals surface area (Å²) in [6.45, 7) is 4.32. The second-order valence-corrected chi connectivity index (χ2v) is 6.58. The van der Waals surface area contributed by atoms with Gasteiger partial charge in [-0.15, -0.1) is 0 Å². The summed E-state index contributed by atoms with van der Waals surface area (Å²) >= 11 is 5.03. The molecule has 1 fully saturated rings. The van der Waals surface area contributed by atoms with Gasteiger partial charge >= 0.3 is 0 Å². The van der Waals surface area contributed by atoms with Gasteiger partial charge in [0.2, 0.25) is 5.91 Å². The molecule has 0 saturated heterocycles. The number of thiocarbonyl (C=S) groups is 1. The maximum Gasteiger partial charge on any atom is 0.223 e. The zero-order valence-electron chi connectivity index (χ0n) is 13.0. The van der Waals surface area contributed by atoms with E-state index in [4.69, 9.17) is 18.0 Å². The van der Waals surface area contributed by atoms with Gasteiger partial charge in [0.15, 0.2) is 0 Å². The molecule has 1 saturated carbocycles. The summed E-state index contributed by atoms with van der Waals surface area (Å²) < 4.78 is 0. The van der Waals surface area contributed by atoms with Crippen molar-refractivity contribution < 1.29 is 4.79 Å². The number of carbonyl (C=O) groups is 1. The van der Waals surface area contributed by atoms with Gasteiger partial charge in [-0.1, -0.05) is 51.7 Å². The number of amides is 1. The highest BCUT2D eigenvalue weighted by Gasteiger charge is 2.27. The Kier molecular flexibility index (Phi) is 8.12. The third-order valence-corrected chi connectivity index (χ3v) is 4.71. The van der Waals surface area contributed by atoms with Crippen molar-refractivity contribution in [2.75, 3.05) is 0 Å². The summed E-state index contributed by atoms with van der Waals surface area (Å²) in [4.78, 5) is 12.7. The van der Waals surface area contributed by atoms with E-state index in [0.717, 1.165) is 31.6 Å². The molecular formula is C16H30N2OS. The lowest BCUT2D eigenvalue weighted by atomic mass is 9.79. The summed E-state index contributed by atoms with van der Waals surface area (Å²) in [5, 5.41) is 3.04. The lowest BCUT2D eigenvalue weighted by molar-refractivity contribution is -0.126. The van der Waals surface area contributed by atoms with Gasteiger partial charge in [0.05, 0.1) is 11.0 Å². The van der Waals surface area contributed by atoms with Crippen LogP contribution in [0.1, 0.15) is 71.6 Å². The lowest BCUT2D eigenvalue weighted by Gasteiger charge is -2.29. The largest absolute Gasteiger partial charge is 0.392 e. The van der Waals surface area contributed by atoms with Gasteiger partial charge in [0, 0.05) is 5.92 Å². The standard InChI is InChI=1S/C16H30N2OS/c1-3-5-7-12-8-10-13(11-9-12)16(19)18-14(6-4-2)15(17)20/h12-14H,3-11H2,1-2H3,(H2,17,20)(H,18,19). The molecule has 0 bridgehead atoms. The summed E-state index contributed by atoms with van der Waals surface area (Å²) in [6, 6.07) is -0.125. The molecule has 0 radical (unpaired) electrons. The van der Waals surface area contributed by atoms with E-state index < -0.39 is 0 Å². The van der Waals surface area contributed by atoms with Crippen LogP contribution in [-0.4, -0.2) is 16.9 Å². The Morgan fingerprint density at radius 3 is 2.40 bits per heavy atom. The van der Waals surface area contributed by atoms with Crippen LogP contribution in [0.4, 0.5) is 0 Å². The smallest absolute Gasteiger partial charge is 0.223 e. The van der Waals surface area contributed by atoms with Crippen molar-refractivity contribution in [1.29, 1.82) is 0 Å². The van der Waals surface area contributed by atoms with Crippen LogP contribution in [0.25, 0.3) is 0 Å². The van der Waals surface area contributed by atoms with Crippen molar-refractivity contribution >= 4 is 23.1 Å². The Labute approximate surface area is 129 Å². The van der Waals surface area contributed by atoms with Crippen molar-refractivity contribution in [3.63, 3.8) is 0 Å². The van der Waals surface area contributed by atoms with E-state index in [-0.39, 0.29) is 17.9 Å². The van der Waals surface area contributed by atoms with Crippen molar-refractivity contribution in [3.05, 3.63) is 0 Å². The van der Waals surface area contributed by atoms with Crippen LogP contribution in [0.5, 0.6) is 0 Å². The first-order chi connectivity index (χ1) is 9.58. The SMILES string of the molecule is CCCCC1CCC(C(=O)NC(CCC)C(N)=S)CC1. The summed E-state index contributed by atoms with van der Waals surface area (Å²) in [5.41, 5.74) is 5.69. The van der Waals surface area contributed by atoms with Crippen molar-refractivity contribution in [3.8, 4) is 0 Å². The maximum absolute atomic E-state index is 12.3. The van der Waals surface area contributed by atoms with Crippen molar-refractivity contribution in [2.45, 2.75) is 77.7 Å². The third-order valence-electron chi connectivity index (χ3n) is 4.42. The van der Waals surface area contributed by atoms with E-state index >= 15 is 0 Å². The first-order valence-electron chi connectivity index (χ1n) is 8.18. The van der Waals surface area contributed by atoms with Crippen LogP contribution in [0.15, 0.2) is 0 Å². The number of carbonyl (C=O) groups excluding carboxylic acids is 1. The summed E-state index contributed by atoms with van der Waals surface area (Å²) in [5.74, 6) is 1.16. The van der Waals surface area contributed by atoms with Crippen molar-refractivity contribution in [1.82, 2.24) is 5.32 Å². The molecule has 1 atom stereocenters. The predicted octanol–water partition coefficient (Wildman–Crippen LogP) is 3.55. The minimum Gasteiger partial charge on any atom is -0.392 e. The zero-order valence-corrected chi connectivity index (χ0v) is 13.8. The Hall–Kier alpha value is -0.640. The van der Waals surface area contributed by atoms with Gasteiger partial charge in [-0.2, -0.15) is 0 Å². The first-order valence-corrected chi connectivity index (χ1v) is 8.58. The van der Waals surface area contributed by atoms with Crippen molar-refractivity contribution in [2.24, 2.45) is 17.6 Å². The molecule has 4 heteroatoms. The maximum atomic E-state index is 12.3. The van der Waals surface area contributed by atoms with E-state index in [0.29, 0.717) is 4.99 Å². The summed E-state index contributed by atoms with van der Waals surface area (Å²) in [6.07, 6.45) is 10.2. The van der Waals surface area contributed by atoms with Gasteiger partial charge in [-0.3, -0.25) is 4.79 Å². The Bertz CT molecular complexity index is 312. The highest BCUT2D eigenvalue weighted by Crippen LogP contribution is 2.32. The number of nitrogens with two attached hydrogens (primary N) is 1. The molecule has 3 nitrogen and oxygen atoms in total. The van der Waals surface area contributed by atoms with Gasteiger partial charge < -0.3 is 11.1 Å². The molecule has 0 aromatic rings. The molecular weight excluding hydrogens is 268 g/mol. The Morgan fingerprint density at radius 2 is 1.90 bits per heavy atom. The molecule has 0 heterocycles. The molecule has 116 valence electrons. The predicted molar refractivity (Wildman–Crippen MR) is 88.6 cm³/mol.